The molecule has 0 saturated heterocycles. The van der Waals surface area contributed by atoms with Crippen LogP contribution in [-0.4, -0.2) is 5.37 Å². The summed E-state index contributed by atoms with van der Waals surface area (Å²) in [6.45, 7) is 0. The van der Waals surface area contributed by atoms with Crippen LogP contribution in [0.3, 0.4) is 0 Å². The molecule has 0 atom stereocenters. The molecule has 0 nitrogen and oxygen atoms in total. The van der Waals surface area contributed by atoms with E-state index < -0.39 is 0 Å². The predicted octanol–water partition coefficient (Wildman–Crippen LogP) is 1.73. The lowest BCUT2D eigenvalue weighted by Gasteiger charge is -1.86. The molecule has 1 heteroatoms. The van der Waals surface area contributed by atoms with Crippen molar-refractivity contribution in [3.8, 4) is 0 Å². The summed E-state index contributed by atoms with van der Waals surface area (Å²) in [5, 5.41) is 1.75. The molecule has 7 heavy (non-hydrogen) atoms. The van der Waals surface area contributed by atoms with Crippen molar-refractivity contribution < 1.29 is 0 Å². The van der Waals surface area contributed by atoms with Crippen LogP contribution in [0.25, 0.3) is 0 Å². The van der Waals surface area contributed by atoms with Crippen molar-refractivity contribution >= 4 is 17.6 Å². The van der Waals surface area contributed by atoms with Gasteiger partial charge in [0.15, 0.2) is 0 Å². The minimum absolute atomic E-state index is 0.426. The molecule has 0 saturated carbocycles. The van der Waals surface area contributed by atoms with E-state index >= 15 is 0 Å². The first-order valence-corrected chi connectivity index (χ1v) is 2.71. The predicted molar refractivity (Wildman–Crippen MR) is 35.4 cm³/mol. The lowest BCUT2D eigenvalue weighted by atomic mass is 10.2. The van der Waals surface area contributed by atoms with Crippen molar-refractivity contribution in [3.63, 3.8) is 0 Å². The molecule has 0 bridgehead atoms. The van der Waals surface area contributed by atoms with E-state index in [1.807, 2.05) is 12.2 Å². The van der Waals surface area contributed by atoms with Crippen LogP contribution in [0.2, 0.25) is 0 Å². The smallest absolute Gasteiger partial charge is 0.0238 e. The fraction of sp³-hybridized carbons (Fsp3) is 0.167. The molecule has 0 aliphatic heterocycles. The number of hydrogen-bond donors (Lipinski definition) is 0. The number of allylic oxidation sites excluding steroid dienone is 4. The highest BCUT2D eigenvalue weighted by Gasteiger charge is 1.94. The topological polar surface area (TPSA) is 0 Å². The van der Waals surface area contributed by atoms with Gasteiger partial charge in [0, 0.05) is 5.92 Å². The second-order valence-corrected chi connectivity index (χ2v) is 1.76. The molecule has 0 heterocycles. The Morgan fingerprint density at radius 2 is 1.86 bits per heavy atom. The molecular weight excluding hydrogens is 104 g/mol. The Bertz CT molecular complexity index is 110. The van der Waals surface area contributed by atoms with E-state index in [4.69, 9.17) is 0 Å². The van der Waals surface area contributed by atoms with E-state index in [9.17, 15) is 0 Å². The van der Waals surface area contributed by atoms with Gasteiger partial charge in [0.1, 0.15) is 0 Å². The van der Waals surface area contributed by atoms with Gasteiger partial charge < -0.3 is 0 Å². The van der Waals surface area contributed by atoms with E-state index in [-0.39, 0.29) is 0 Å². The average molecular weight is 110 g/mol. The first kappa shape index (κ1) is 4.72. The third-order valence-corrected chi connectivity index (χ3v) is 1.25. The minimum Gasteiger partial charge on any atom is -0.0925 e. The second kappa shape index (κ2) is 2.03. The normalized spacial score (nSPS) is 18.3. The molecule has 0 radical (unpaired) electrons. The van der Waals surface area contributed by atoms with Gasteiger partial charge in [-0.1, -0.05) is 36.5 Å². The van der Waals surface area contributed by atoms with Gasteiger partial charge in [0.05, 0.1) is 0 Å². The molecular formula is C6H6S. The molecule has 36 valence electrons. The molecule has 0 N–H and O–H groups in total. The minimum atomic E-state index is 0.426. The monoisotopic (exact) mass is 110 g/mol. The van der Waals surface area contributed by atoms with E-state index in [0.717, 1.165) is 0 Å². The summed E-state index contributed by atoms with van der Waals surface area (Å²) in [4.78, 5) is 0. The summed E-state index contributed by atoms with van der Waals surface area (Å²) in [5.74, 6) is 0.426. The lowest BCUT2D eigenvalue weighted by Crippen LogP contribution is -1.83. The summed E-state index contributed by atoms with van der Waals surface area (Å²) in [6.07, 6.45) is 8.14. The van der Waals surface area contributed by atoms with Crippen molar-refractivity contribution in [2.24, 2.45) is 5.92 Å². The first-order valence-electron chi connectivity index (χ1n) is 2.24. The molecule has 1 rings (SSSR count). The number of rotatable bonds is 1. The number of hydrogen-bond acceptors (Lipinski definition) is 1. The molecule has 0 aromatic heterocycles. The van der Waals surface area contributed by atoms with Gasteiger partial charge in [0.2, 0.25) is 0 Å². The van der Waals surface area contributed by atoms with Crippen molar-refractivity contribution in [1.82, 2.24) is 0 Å². The van der Waals surface area contributed by atoms with Crippen molar-refractivity contribution in [3.05, 3.63) is 24.3 Å². The highest BCUT2D eigenvalue weighted by molar-refractivity contribution is 7.79. The molecule has 0 fully saturated rings. The van der Waals surface area contributed by atoms with Gasteiger partial charge in [0.25, 0.3) is 0 Å². The maximum absolute atomic E-state index is 4.68. The Hall–Kier alpha value is -0.430. The maximum atomic E-state index is 4.68. The van der Waals surface area contributed by atoms with Gasteiger partial charge >= 0.3 is 0 Å². The fourth-order valence-corrected chi connectivity index (χ4v) is 0.721. The third kappa shape index (κ3) is 0.967. The quantitative estimate of drug-likeness (QED) is 0.463. The van der Waals surface area contributed by atoms with E-state index in [1.54, 1.807) is 5.37 Å². The first-order chi connectivity index (χ1) is 3.43. The largest absolute Gasteiger partial charge is 0.0925 e. The molecule has 0 aromatic rings. The van der Waals surface area contributed by atoms with Gasteiger partial charge in [-0.05, 0) is 5.37 Å². The van der Waals surface area contributed by atoms with Crippen LogP contribution in [0.15, 0.2) is 24.3 Å². The van der Waals surface area contributed by atoms with Crippen LogP contribution in [0, 0.1) is 5.92 Å². The SMILES string of the molecule is S=CC1C=CC=C1. The van der Waals surface area contributed by atoms with Gasteiger partial charge in [-0.2, -0.15) is 0 Å². The summed E-state index contributed by atoms with van der Waals surface area (Å²) >= 11 is 4.68. The summed E-state index contributed by atoms with van der Waals surface area (Å²) in [5.41, 5.74) is 0. The molecule has 0 amide bonds. The standard InChI is InChI=1S/C6H6S/c7-5-6-3-1-2-4-6/h1-6H. The van der Waals surface area contributed by atoms with Crippen LogP contribution < -0.4 is 0 Å². The zero-order chi connectivity index (χ0) is 5.11. The lowest BCUT2D eigenvalue weighted by molar-refractivity contribution is 1.23. The fourth-order valence-electron chi connectivity index (χ4n) is 0.540. The Morgan fingerprint density at radius 1 is 1.29 bits per heavy atom. The summed E-state index contributed by atoms with van der Waals surface area (Å²) < 4.78 is 0. The Morgan fingerprint density at radius 3 is 2.14 bits per heavy atom. The average Bonchev–Trinajstić information content (AvgIpc) is 2.14. The van der Waals surface area contributed by atoms with Crippen molar-refractivity contribution in [1.29, 1.82) is 0 Å². The van der Waals surface area contributed by atoms with Crippen LogP contribution in [0.4, 0.5) is 0 Å². The molecule has 1 aliphatic carbocycles. The summed E-state index contributed by atoms with van der Waals surface area (Å²) in [6, 6.07) is 0. The van der Waals surface area contributed by atoms with E-state index in [1.165, 1.54) is 0 Å². The zero-order valence-electron chi connectivity index (χ0n) is 3.87. The zero-order valence-corrected chi connectivity index (χ0v) is 4.69. The molecule has 0 unspecified atom stereocenters. The molecule has 0 aromatic carbocycles. The van der Waals surface area contributed by atoms with Crippen LogP contribution in [-0.2, 0) is 0 Å². The Labute approximate surface area is 48.5 Å². The Kier molecular flexibility index (Phi) is 1.37. The summed E-state index contributed by atoms with van der Waals surface area (Å²) in [7, 11) is 0. The van der Waals surface area contributed by atoms with Gasteiger partial charge in [-0.25, -0.2) is 0 Å². The van der Waals surface area contributed by atoms with Crippen LogP contribution in [0.5, 0.6) is 0 Å². The highest BCUT2D eigenvalue weighted by atomic mass is 32.1. The third-order valence-electron chi connectivity index (χ3n) is 0.935. The van der Waals surface area contributed by atoms with Crippen LogP contribution in [0.1, 0.15) is 0 Å². The number of thiocarbonyl (C=S) groups is 1. The highest BCUT2D eigenvalue weighted by Crippen LogP contribution is 2.04. The maximum Gasteiger partial charge on any atom is 0.0238 e. The second-order valence-electron chi connectivity index (χ2n) is 1.48. The molecule has 1 aliphatic rings. The Balaban J connectivity index is 2.59. The van der Waals surface area contributed by atoms with E-state index in [2.05, 4.69) is 24.4 Å². The van der Waals surface area contributed by atoms with Crippen LogP contribution >= 0.6 is 12.2 Å². The van der Waals surface area contributed by atoms with Crippen molar-refractivity contribution in [2.45, 2.75) is 0 Å². The van der Waals surface area contributed by atoms with Gasteiger partial charge in [-0.3, -0.25) is 0 Å². The van der Waals surface area contributed by atoms with E-state index in [0.29, 0.717) is 5.92 Å². The van der Waals surface area contributed by atoms with Crippen molar-refractivity contribution in [2.75, 3.05) is 0 Å². The van der Waals surface area contributed by atoms with Gasteiger partial charge in [-0.15, -0.1) is 0 Å². The molecule has 0 spiro atoms.